The van der Waals surface area contributed by atoms with Gasteiger partial charge in [-0.1, -0.05) is 17.8 Å². The SMILES string of the molecule is CC[n+]1ccccc1/C=C1\Sc2ccc(C)cc2N1C.[I-]. The molecule has 1 aliphatic heterocycles. The summed E-state index contributed by atoms with van der Waals surface area (Å²) in [4.78, 5) is 3.61. The molecule has 0 saturated heterocycles. The van der Waals surface area contributed by atoms with Crippen LogP contribution in [0, 0.1) is 6.92 Å². The molecule has 0 bridgehead atoms. The molecule has 0 radical (unpaired) electrons. The third-order valence-corrected chi connectivity index (χ3v) is 4.77. The molecule has 0 fully saturated rings. The van der Waals surface area contributed by atoms with Crippen molar-refractivity contribution < 1.29 is 28.5 Å². The number of benzene rings is 1. The second-order valence-corrected chi connectivity index (χ2v) is 6.09. The lowest BCUT2D eigenvalue weighted by atomic mass is 10.2. The van der Waals surface area contributed by atoms with Crippen LogP contribution < -0.4 is 33.4 Å². The lowest BCUT2D eigenvalue weighted by molar-refractivity contribution is -0.695. The minimum Gasteiger partial charge on any atom is -1.00 e. The van der Waals surface area contributed by atoms with E-state index in [1.807, 2.05) is 11.8 Å². The summed E-state index contributed by atoms with van der Waals surface area (Å²) in [5, 5.41) is 1.28. The predicted octanol–water partition coefficient (Wildman–Crippen LogP) is 0.847. The molecule has 0 saturated carbocycles. The van der Waals surface area contributed by atoms with E-state index in [9.17, 15) is 0 Å². The van der Waals surface area contributed by atoms with E-state index in [0.29, 0.717) is 0 Å². The largest absolute Gasteiger partial charge is 1.00 e. The van der Waals surface area contributed by atoms with Crippen molar-refractivity contribution in [1.29, 1.82) is 0 Å². The Morgan fingerprint density at radius 1 is 1.24 bits per heavy atom. The van der Waals surface area contributed by atoms with Gasteiger partial charge in [-0.15, -0.1) is 0 Å². The minimum absolute atomic E-state index is 0. The molecule has 2 heterocycles. The Labute approximate surface area is 147 Å². The number of nitrogens with zero attached hydrogens (tertiary/aromatic N) is 2. The molecule has 1 aliphatic rings. The van der Waals surface area contributed by atoms with E-state index in [1.165, 1.54) is 26.9 Å². The highest BCUT2D eigenvalue weighted by molar-refractivity contribution is 8.03. The van der Waals surface area contributed by atoms with Gasteiger partial charge in [-0.05, 0) is 37.6 Å². The molecule has 0 aliphatic carbocycles. The van der Waals surface area contributed by atoms with Crippen LogP contribution in [0.25, 0.3) is 6.08 Å². The van der Waals surface area contributed by atoms with E-state index in [-0.39, 0.29) is 24.0 Å². The van der Waals surface area contributed by atoms with Gasteiger partial charge in [0.2, 0.25) is 5.69 Å². The van der Waals surface area contributed by atoms with E-state index in [4.69, 9.17) is 0 Å². The normalized spacial score (nSPS) is 15.0. The smallest absolute Gasteiger partial charge is 0.207 e. The van der Waals surface area contributed by atoms with Crippen LogP contribution in [0.4, 0.5) is 5.69 Å². The second kappa shape index (κ2) is 6.83. The number of aromatic nitrogens is 1. The van der Waals surface area contributed by atoms with Crippen molar-refractivity contribution in [2.45, 2.75) is 25.3 Å². The number of pyridine rings is 1. The number of hydrogen-bond donors (Lipinski definition) is 0. The van der Waals surface area contributed by atoms with E-state index < -0.39 is 0 Å². The summed E-state index contributed by atoms with van der Waals surface area (Å²) in [5.74, 6) is 0. The first-order chi connectivity index (χ1) is 9.69. The van der Waals surface area contributed by atoms with Crippen molar-refractivity contribution >= 4 is 23.5 Å². The highest BCUT2D eigenvalue weighted by Gasteiger charge is 2.23. The van der Waals surface area contributed by atoms with E-state index in [1.54, 1.807) is 0 Å². The summed E-state index contributed by atoms with van der Waals surface area (Å²) in [6.45, 7) is 5.30. The Balaban J connectivity index is 0.00000161. The average Bonchev–Trinajstić information content (AvgIpc) is 2.76. The van der Waals surface area contributed by atoms with Crippen LogP contribution in [0.2, 0.25) is 0 Å². The fraction of sp³-hybridized carbons (Fsp3) is 0.235. The summed E-state index contributed by atoms with van der Waals surface area (Å²) in [6, 6.07) is 13.0. The first kappa shape index (κ1) is 16.4. The Morgan fingerprint density at radius 2 is 2.05 bits per heavy atom. The van der Waals surface area contributed by atoms with Crippen molar-refractivity contribution in [1.82, 2.24) is 0 Å². The molecule has 0 amide bonds. The van der Waals surface area contributed by atoms with Crippen molar-refractivity contribution in [3.8, 4) is 0 Å². The number of rotatable bonds is 2. The molecule has 110 valence electrons. The van der Waals surface area contributed by atoms with E-state index in [0.717, 1.165) is 6.54 Å². The van der Waals surface area contributed by atoms with Crippen LogP contribution in [-0.4, -0.2) is 7.05 Å². The van der Waals surface area contributed by atoms with Gasteiger partial charge in [0.15, 0.2) is 6.20 Å². The van der Waals surface area contributed by atoms with Crippen LogP contribution >= 0.6 is 11.8 Å². The molecule has 4 heteroatoms. The van der Waals surface area contributed by atoms with E-state index in [2.05, 4.69) is 79.0 Å². The quantitative estimate of drug-likeness (QED) is 0.536. The lowest BCUT2D eigenvalue weighted by Crippen LogP contribution is -3.00. The molecule has 1 aromatic heterocycles. The predicted molar refractivity (Wildman–Crippen MR) is 85.7 cm³/mol. The van der Waals surface area contributed by atoms with Gasteiger partial charge in [-0.2, -0.15) is 4.57 Å². The zero-order chi connectivity index (χ0) is 14.1. The summed E-state index contributed by atoms with van der Waals surface area (Å²) in [6.07, 6.45) is 4.40. The Hall–Kier alpha value is -1.01. The topological polar surface area (TPSA) is 7.12 Å². The molecule has 0 spiro atoms. The number of anilines is 1. The van der Waals surface area contributed by atoms with Crippen LogP contribution in [-0.2, 0) is 6.54 Å². The van der Waals surface area contributed by atoms with Crippen LogP contribution in [0.1, 0.15) is 18.2 Å². The summed E-state index contributed by atoms with van der Waals surface area (Å²) in [5.41, 5.74) is 3.86. The third kappa shape index (κ3) is 3.26. The van der Waals surface area contributed by atoms with E-state index >= 15 is 0 Å². The maximum Gasteiger partial charge on any atom is 0.207 e. The minimum atomic E-state index is 0. The summed E-state index contributed by atoms with van der Waals surface area (Å²) >= 11 is 1.84. The molecule has 0 unspecified atom stereocenters. The average molecular weight is 410 g/mol. The Kier molecular flexibility index (Phi) is 5.32. The lowest BCUT2D eigenvalue weighted by Gasteiger charge is -2.13. The zero-order valence-corrected chi connectivity index (χ0v) is 15.5. The maximum absolute atomic E-state index is 2.28. The second-order valence-electron chi connectivity index (χ2n) is 5.03. The van der Waals surface area contributed by atoms with Gasteiger partial charge in [-0.3, -0.25) is 0 Å². The molecule has 0 N–H and O–H groups in total. The Morgan fingerprint density at radius 3 is 2.81 bits per heavy atom. The van der Waals surface area contributed by atoms with Crippen LogP contribution in [0.15, 0.2) is 52.5 Å². The van der Waals surface area contributed by atoms with Gasteiger partial charge in [-0.25, -0.2) is 0 Å². The van der Waals surface area contributed by atoms with Crippen LogP contribution in [0.3, 0.4) is 0 Å². The fourth-order valence-corrected chi connectivity index (χ4v) is 3.51. The van der Waals surface area contributed by atoms with Crippen molar-refractivity contribution in [3.05, 3.63) is 58.9 Å². The summed E-state index contributed by atoms with van der Waals surface area (Å²) < 4.78 is 2.26. The third-order valence-electron chi connectivity index (χ3n) is 3.61. The Bertz CT molecular complexity index is 682. The molecule has 1 aromatic carbocycles. The van der Waals surface area contributed by atoms with Gasteiger partial charge in [0, 0.05) is 30.2 Å². The monoisotopic (exact) mass is 410 g/mol. The number of thioether (sulfide) groups is 1. The van der Waals surface area contributed by atoms with Crippen molar-refractivity contribution in [2.75, 3.05) is 11.9 Å². The first-order valence-electron chi connectivity index (χ1n) is 6.91. The van der Waals surface area contributed by atoms with Gasteiger partial charge in [0.25, 0.3) is 0 Å². The number of aryl methyl sites for hydroxylation is 2. The highest BCUT2D eigenvalue weighted by Crippen LogP contribution is 2.45. The maximum atomic E-state index is 2.28. The van der Waals surface area contributed by atoms with Crippen molar-refractivity contribution in [2.24, 2.45) is 0 Å². The van der Waals surface area contributed by atoms with Crippen LogP contribution in [0.5, 0.6) is 0 Å². The molecule has 2 aromatic rings. The molecule has 2 nitrogen and oxygen atoms in total. The first-order valence-corrected chi connectivity index (χ1v) is 7.73. The molecule has 0 atom stereocenters. The molecule has 3 rings (SSSR count). The number of hydrogen-bond acceptors (Lipinski definition) is 2. The fourth-order valence-electron chi connectivity index (χ4n) is 2.44. The standard InChI is InChI=1S/C17H19N2S.HI/c1-4-19-10-6-5-7-14(19)12-17-18(3)15-11-13(2)8-9-16(15)20-17;/h5-12H,4H2,1-3H3;1H/q+1;/p-1. The van der Waals surface area contributed by atoms with Crippen molar-refractivity contribution in [3.63, 3.8) is 0 Å². The van der Waals surface area contributed by atoms with Gasteiger partial charge < -0.3 is 28.9 Å². The highest BCUT2D eigenvalue weighted by atomic mass is 127. The number of halogens is 1. The van der Waals surface area contributed by atoms with Gasteiger partial charge in [0.1, 0.15) is 6.54 Å². The molecular weight excluding hydrogens is 391 g/mol. The zero-order valence-electron chi connectivity index (χ0n) is 12.5. The summed E-state index contributed by atoms with van der Waals surface area (Å²) in [7, 11) is 2.14. The molecular formula is C17H19IN2S. The molecule has 21 heavy (non-hydrogen) atoms. The van der Waals surface area contributed by atoms with Gasteiger partial charge in [0.05, 0.1) is 10.7 Å². The van der Waals surface area contributed by atoms with Gasteiger partial charge >= 0.3 is 0 Å². The number of fused-ring (bicyclic) bond motifs is 1.